The van der Waals surface area contributed by atoms with Crippen molar-refractivity contribution in [3.8, 4) is 27.9 Å². The molecule has 0 unspecified atom stereocenters. The van der Waals surface area contributed by atoms with Gasteiger partial charge in [-0.25, -0.2) is 9.97 Å². The molecule has 3 aromatic rings. The van der Waals surface area contributed by atoms with E-state index in [2.05, 4.69) is 43.1 Å². The van der Waals surface area contributed by atoms with Gasteiger partial charge in [0.15, 0.2) is 0 Å². The SMILES string of the molecule is CCCCSCSc1nc(-c2nccs2)cc(-c2cccc(C)c2)c1C#N.CN(C)C=O. The van der Waals surface area contributed by atoms with Crippen LogP contribution in [-0.2, 0) is 4.79 Å². The third kappa shape index (κ3) is 7.97. The van der Waals surface area contributed by atoms with Crippen molar-refractivity contribution in [2.24, 2.45) is 0 Å². The van der Waals surface area contributed by atoms with Gasteiger partial charge < -0.3 is 4.90 Å². The van der Waals surface area contributed by atoms with E-state index in [1.54, 1.807) is 43.4 Å². The number of nitriles is 1. The van der Waals surface area contributed by atoms with Crippen molar-refractivity contribution in [1.29, 1.82) is 5.26 Å². The first-order valence-corrected chi connectivity index (χ1v) is 13.3. The van der Waals surface area contributed by atoms with Crippen molar-refractivity contribution in [1.82, 2.24) is 14.9 Å². The van der Waals surface area contributed by atoms with Crippen LogP contribution < -0.4 is 0 Å². The molecule has 0 aliphatic rings. The van der Waals surface area contributed by atoms with Gasteiger partial charge >= 0.3 is 0 Å². The minimum absolute atomic E-state index is 0.655. The molecule has 5 nitrogen and oxygen atoms in total. The number of aromatic nitrogens is 2. The van der Waals surface area contributed by atoms with Crippen LogP contribution in [0.4, 0.5) is 0 Å². The van der Waals surface area contributed by atoms with Crippen LogP contribution in [-0.4, -0.2) is 46.2 Å². The molecule has 0 N–H and O–H groups in total. The van der Waals surface area contributed by atoms with Crippen molar-refractivity contribution in [2.45, 2.75) is 31.7 Å². The molecule has 2 aromatic heterocycles. The first-order valence-electron chi connectivity index (χ1n) is 10.2. The highest BCUT2D eigenvalue weighted by molar-refractivity contribution is 8.16. The third-order valence-corrected chi connectivity index (χ3v) is 7.29. The minimum atomic E-state index is 0.655. The highest BCUT2D eigenvalue weighted by atomic mass is 32.2. The van der Waals surface area contributed by atoms with Crippen molar-refractivity contribution < 1.29 is 4.79 Å². The summed E-state index contributed by atoms with van der Waals surface area (Å²) in [4.78, 5) is 20.1. The zero-order valence-electron chi connectivity index (χ0n) is 18.9. The lowest BCUT2D eigenvalue weighted by atomic mass is 9.99. The molecular formula is C24H28N4OS3. The van der Waals surface area contributed by atoms with Crippen LogP contribution in [0.5, 0.6) is 0 Å². The van der Waals surface area contributed by atoms with Crippen molar-refractivity contribution in [2.75, 3.05) is 24.9 Å². The summed E-state index contributed by atoms with van der Waals surface area (Å²) in [5, 5.41) is 14.4. The van der Waals surface area contributed by atoms with Gasteiger partial charge in [0.05, 0.1) is 5.56 Å². The second-order valence-corrected chi connectivity index (χ2v) is 10.5. The molecule has 0 radical (unpaired) electrons. The van der Waals surface area contributed by atoms with Crippen LogP contribution in [0, 0.1) is 18.3 Å². The van der Waals surface area contributed by atoms with E-state index < -0.39 is 0 Å². The van der Waals surface area contributed by atoms with Gasteiger partial charge in [0.25, 0.3) is 0 Å². The minimum Gasteiger partial charge on any atom is -0.351 e. The monoisotopic (exact) mass is 484 g/mol. The van der Waals surface area contributed by atoms with Gasteiger partial charge in [0.1, 0.15) is 21.8 Å². The van der Waals surface area contributed by atoms with Gasteiger partial charge in [-0.2, -0.15) is 17.0 Å². The predicted octanol–water partition coefficient (Wildman–Crippen LogP) is 6.34. The van der Waals surface area contributed by atoms with Gasteiger partial charge in [-0.15, -0.1) is 11.3 Å². The summed E-state index contributed by atoms with van der Waals surface area (Å²) in [5.74, 6) is 1.14. The molecule has 0 aliphatic heterocycles. The lowest BCUT2D eigenvalue weighted by Gasteiger charge is -2.12. The molecule has 168 valence electrons. The molecule has 0 aliphatic carbocycles. The second kappa shape index (κ2) is 13.9. The highest BCUT2D eigenvalue weighted by Gasteiger charge is 2.17. The van der Waals surface area contributed by atoms with E-state index in [-0.39, 0.29) is 0 Å². The molecule has 0 saturated carbocycles. The summed E-state index contributed by atoms with van der Waals surface area (Å²) in [6.07, 6.45) is 4.97. The number of pyridine rings is 1. The Morgan fingerprint density at radius 3 is 2.66 bits per heavy atom. The van der Waals surface area contributed by atoms with E-state index in [9.17, 15) is 10.1 Å². The number of aryl methyl sites for hydroxylation is 1. The van der Waals surface area contributed by atoms with Gasteiger partial charge in [-0.3, -0.25) is 4.79 Å². The number of benzene rings is 1. The quantitative estimate of drug-likeness (QED) is 0.153. The van der Waals surface area contributed by atoms with Crippen LogP contribution in [0.3, 0.4) is 0 Å². The van der Waals surface area contributed by atoms with E-state index in [0.717, 1.165) is 44.1 Å². The van der Waals surface area contributed by atoms with E-state index in [1.165, 1.54) is 23.3 Å². The standard InChI is InChI=1S/C21H21N3S3.C3H7NO/c1-3-4-9-25-14-27-20-18(13-22)17(16-7-5-6-15(2)11-16)12-19(24-20)21-23-8-10-26-21;1-4(2)3-5/h5-8,10-12H,3-4,9,14H2,1-2H3;3H,1-2H3. The molecule has 0 atom stereocenters. The zero-order valence-corrected chi connectivity index (χ0v) is 21.3. The van der Waals surface area contributed by atoms with Gasteiger partial charge in [-0.1, -0.05) is 54.9 Å². The number of rotatable bonds is 9. The third-order valence-electron chi connectivity index (χ3n) is 4.21. The van der Waals surface area contributed by atoms with Crippen LogP contribution >= 0.6 is 34.9 Å². The molecule has 0 fully saturated rings. The normalized spacial score (nSPS) is 10.1. The molecule has 3 rings (SSSR count). The molecule has 0 spiro atoms. The summed E-state index contributed by atoms with van der Waals surface area (Å²) < 4.78 is 0. The number of amides is 1. The number of hydrogen-bond acceptors (Lipinski definition) is 7. The molecule has 32 heavy (non-hydrogen) atoms. The van der Waals surface area contributed by atoms with E-state index >= 15 is 0 Å². The fraction of sp³-hybridized carbons (Fsp3) is 0.333. The molecule has 8 heteroatoms. The van der Waals surface area contributed by atoms with Crippen LogP contribution in [0.15, 0.2) is 46.9 Å². The zero-order chi connectivity index (χ0) is 23.3. The molecule has 0 saturated heterocycles. The second-order valence-electron chi connectivity index (χ2n) is 7.15. The molecule has 1 aromatic carbocycles. The Bertz CT molecular complexity index is 1030. The average Bonchev–Trinajstić information content (AvgIpc) is 3.34. The fourth-order valence-corrected chi connectivity index (χ4v) is 5.44. The van der Waals surface area contributed by atoms with E-state index in [4.69, 9.17) is 4.98 Å². The van der Waals surface area contributed by atoms with Crippen molar-refractivity contribution in [3.63, 3.8) is 0 Å². The lowest BCUT2D eigenvalue weighted by Crippen LogP contribution is -2.06. The Labute approximate surface area is 203 Å². The number of carbonyl (C=O) groups is 1. The van der Waals surface area contributed by atoms with Crippen LogP contribution in [0.25, 0.3) is 21.8 Å². The van der Waals surface area contributed by atoms with Gasteiger partial charge in [0.2, 0.25) is 6.41 Å². The van der Waals surface area contributed by atoms with E-state index in [0.29, 0.717) is 5.56 Å². The predicted molar refractivity (Wildman–Crippen MR) is 138 cm³/mol. The number of thioether (sulfide) groups is 2. The topological polar surface area (TPSA) is 69.9 Å². The number of thiazole rings is 1. The summed E-state index contributed by atoms with van der Waals surface area (Å²) in [6, 6.07) is 12.7. The molecule has 2 heterocycles. The van der Waals surface area contributed by atoms with Crippen LogP contribution in [0.1, 0.15) is 30.9 Å². The average molecular weight is 485 g/mol. The first kappa shape index (κ1) is 25.9. The van der Waals surface area contributed by atoms with Gasteiger partial charge in [-0.05, 0) is 30.7 Å². The highest BCUT2D eigenvalue weighted by Crippen LogP contribution is 2.36. The maximum Gasteiger partial charge on any atom is 0.209 e. The smallest absolute Gasteiger partial charge is 0.209 e. The lowest BCUT2D eigenvalue weighted by molar-refractivity contribution is -0.115. The summed E-state index contributed by atoms with van der Waals surface area (Å²) in [7, 11) is 3.38. The van der Waals surface area contributed by atoms with Crippen molar-refractivity contribution >= 4 is 41.3 Å². The maximum atomic E-state index is 9.87. The number of unbranched alkanes of at least 4 members (excludes halogenated alkanes) is 1. The number of hydrogen-bond donors (Lipinski definition) is 0. The Morgan fingerprint density at radius 1 is 1.28 bits per heavy atom. The summed E-state index contributed by atoms with van der Waals surface area (Å²) >= 11 is 5.12. The fourth-order valence-electron chi connectivity index (χ4n) is 2.64. The molecular weight excluding hydrogens is 456 g/mol. The number of carbonyl (C=O) groups excluding carboxylic acids is 1. The number of nitrogens with zero attached hydrogens (tertiary/aromatic N) is 4. The Kier molecular flexibility index (Phi) is 11.3. The van der Waals surface area contributed by atoms with Gasteiger partial charge in [0, 0.05) is 36.3 Å². The molecule has 0 bridgehead atoms. The van der Waals surface area contributed by atoms with E-state index in [1.807, 2.05) is 29.3 Å². The summed E-state index contributed by atoms with van der Waals surface area (Å²) in [5.41, 5.74) is 4.64. The Morgan fingerprint density at radius 2 is 2.06 bits per heavy atom. The molecule has 1 amide bonds. The van der Waals surface area contributed by atoms with Crippen LogP contribution in [0.2, 0.25) is 0 Å². The van der Waals surface area contributed by atoms with Crippen molar-refractivity contribution in [3.05, 3.63) is 53.0 Å². The first-order chi connectivity index (χ1) is 15.5. The summed E-state index contributed by atoms with van der Waals surface area (Å²) in [6.45, 7) is 4.27. The Hall–Kier alpha value is -2.34. The Balaban J connectivity index is 0.000000654. The maximum absolute atomic E-state index is 9.87. The largest absolute Gasteiger partial charge is 0.351 e.